The Hall–Kier alpha value is -0.560. The van der Waals surface area contributed by atoms with Crippen LogP contribution in [-0.2, 0) is 5.11 Å². The van der Waals surface area contributed by atoms with E-state index in [-0.39, 0.29) is 6.61 Å². The minimum atomic E-state index is 0.0139. The van der Waals surface area contributed by atoms with E-state index >= 15 is 0 Å². The summed E-state index contributed by atoms with van der Waals surface area (Å²) in [5.41, 5.74) is 2.70. The van der Waals surface area contributed by atoms with Crippen LogP contribution in [0.1, 0.15) is 40.0 Å². The maximum Gasteiger partial charge on any atom is 0.0856 e. The van der Waals surface area contributed by atoms with Gasteiger partial charge in [0, 0.05) is 0 Å². The van der Waals surface area contributed by atoms with E-state index in [9.17, 15) is 5.11 Å². The molecule has 1 heteroatoms. The van der Waals surface area contributed by atoms with Gasteiger partial charge in [0.25, 0.3) is 0 Å². The van der Waals surface area contributed by atoms with E-state index in [0.29, 0.717) is 6.42 Å². The molecule has 12 heavy (non-hydrogen) atoms. The molecule has 69 valence electrons. The third-order valence-corrected chi connectivity index (χ3v) is 1.70. The van der Waals surface area contributed by atoms with E-state index in [1.165, 1.54) is 11.1 Å². The van der Waals surface area contributed by atoms with Gasteiger partial charge in [0.1, 0.15) is 0 Å². The second-order valence-corrected chi connectivity index (χ2v) is 3.36. The third-order valence-electron chi connectivity index (χ3n) is 1.70. The van der Waals surface area contributed by atoms with E-state index in [4.69, 9.17) is 0 Å². The predicted octanol–water partition coefficient (Wildman–Crippen LogP) is 3.50. The Bertz CT molecular complexity index is 162. The van der Waals surface area contributed by atoms with Crippen LogP contribution in [0.25, 0.3) is 0 Å². The van der Waals surface area contributed by atoms with Crippen molar-refractivity contribution >= 4 is 0 Å². The van der Waals surface area contributed by atoms with E-state index in [1.54, 1.807) is 0 Å². The molecule has 0 saturated carbocycles. The van der Waals surface area contributed by atoms with E-state index < -0.39 is 0 Å². The van der Waals surface area contributed by atoms with Crippen LogP contribution in [0.4, 0.5) is 0 Å². The lowest BCUT2D eigenvalue weighted by atomic mass is 10.1. The van der Waals surface area contributed by atoms with Gasteiger partial charge in [0.15, 0.2) is 0 Å². The first-order valence-electron chi connectivity index (χ1n) is 4.54. The van der Waals surface area contributed by atoms with Gasteiger partial charge in [-0.05, 0) is 40.0 Å². The summed E-state index contributed by atoms with van der Waals surface area (Å²) in [6, 6.07) is 0. The molecule has 0 unspecified atom stereocenters. The molecule has 0 fully saturated rings. The van der Waals surface area contributed by atoms with Crippen LogP contribution in [0.2, 0.25) is 0 Å². The Labute approximate surface area is 75.8 Å². The van der Waals surface area contributed by atoms with Gasteiger partial charge in [-0.3, -0.25) is 0 Å². The molecule has 0 N–H and O–H groups in total. The molecular formula is C11H19O. The van der Waals surface area contributed by atoms with Crippen LogP contribution >= 0.6 is 0 Å². The van der Waals surface area contributed by atoms with Gasteiger partial charge >= 0.3 is 0 Å². The Morgan fingerprint density at radius 2 is 1.75 bits per heavy atom. The summed E-state index contributed by atoms with van der Waals surface area (Å²) in [4.78, 5) is 0. The first-order chi connectivity index (χ1) is 5.66. The quantitative estimate of drug-likeness (QED) is 0.558. The highest BCUT2D eigenvalue weighted by Crippen LogP contribution is 2.06. The van der Waals surface area contributed by atoms with Gasteiger partial charge in [-0.2, -0.15) is 0 Å². The molecule has 0 aromatic heterocycles. The van der Waals surface area contributed by atoms with Crippen LogP contribution < -0.4 is 0 Å². The smallest absolute Gasteiger partial charge is 0.0856 e. The molecule has 0 amide bonds. The maximum atomic E-state index is 10.2. The van der Waals surface area contributed by atoms with Gasteiger partial charge in [-0.15, -0.1) is 0 Å². The average molecular weight is 167 g/mol. The molecule has 0 saturated heterocycles. The second-order valence-electron chi connectivity index (χ2n) is 3.36. The summed E-state index contributed by atoms with van der Waals surface area (Å²) in [6.45, 7) is 6.32. The van der Waals surface area contributed by atoms with Gasteiger partial charge in [0.2, 0.25) is 0 Å². The van der Waals surface area contributed by atoms with E-state index in [2.05, 4.69) is 26.8 Å². The van der Waals surface area contributed by atoms with Crippen molar-refractivity contribution in [3.63, 3.8) is 0 Å². The summed E-state index contributed by atoms with van der Waals surface area (Å²) < 4.78 is 0. The zero-order chi connectivity index (χ0) is 9.40. The van der Waals surface area contributed by atoms with Crippen molar-refractivity contribution < 1.29 is 5.11 Å². The maximum absolute atomic E-state index is 10.2. The fourth-order valence-electron chi connectivity index (χ4n) is 0.996. The first-order valence-corrected chi connectivity index (χ1v) is 4.54. The van der Waals surface area contributed by atoms with Crippen molar-refractivity contribution in [3.05, 3.63) is 23.3 Å². The van der Waals surface area contributed by atoms with Crippen molar-refractivity contribution in [2.24, 2.45) is 0 Å². The van der Waals surface area contributed by atoms with Crippen LogP contribution in [0.5, 0.6) is 0 Å². The molecule has 1 nitrogen and oxygen atoms in total. The lowest BCUT2D eigenvalue weighted by Gasteiger charge is -1.97. The number of rotatable bonds is 5. The summed E-state index contributed by atoms with van der Waals surface area (Å²) in [5, 5.41) is 10.2. The highest BCUT2D eigenvalue weighted by Gasteiger charge is 1.88. The van der Waals surface area contributed by atoms with Crippen LogP contribution in [0.3, 0.4) is 0 Å². The van der Waals surface area contributed by atoms with Crippen molar-refractivity contribution in [1.29, 1.82) is 0 Å². The molecule has 0 bridgehead atoms. The Morgan fingerprint density at radius 3 is 2.25 bits per heavy atom. The van der Waals surface area contributed by atoms with Crippen molar-refractivity contribution in [1.82, 2.24) is 0 Å². The van der Waals surface area contributed by atoms with Crippen LogP contribution in [0.15, 0.2) is 23.3 Å². The van der Waals surface area contributed by atoms with Gasteiger partial charge in [-0.25, -0.2) is 5.11 Å². The molecule has 1 radical (unpaired) electrons. The fourth-order valence-corrected chi connectivity index (χ4v) is 0.996. The molecule has 0 aromatic carbocycles. The minimum absolute atomic E-state index is 0.0139. The van der Waals surface area contributed by atoms with Gasteiger partial charge < -0.3 is 0 Å². The summed E-state index contributed by atoms with van der Waals surface area (Å²) in [7, 11) is 0. The highest BCUT2D eigenvalue weighted by molar-refractivity contribution is 5.01. The van der Waals surface area contributed by atoms with Gasteiger partial charge in [0.05, 0.1) is 6.61 Å². The molecule has 0 atom stereocenters. The standard InChI is InChI=1S/C11H19O/c1-10(2)6-4-7-11(3)8-5-9-12/h6,8H,4-5,7,9H2,1-3H3. The summed E-state index contributed by atoms with van der Waals surface area (Å²) >= 11 is 0. The zero-order valence-corrected chi connectivity index (χ0v) is 8.39. The molecule has 0 rings (SSSR count). The molecule has 0 aliphatic heterocycles. The third kappa shape index (κ3) is 7.55. The Balaban J connectivity index is 3.56. The Kier molecular flexibility index (Phi) is 6.78. The summed E-state index contributed by atoms with van der Waals surface area (Å²) in [5.74, 6) is 0. The Morgan fingerprint density at radius 1 is 1.08 bits per heavy atom. The topological polar surface area (TPSA) is 19.9 Å². The second kappa shape index (κ2) is 7.11. The minimum Gasteiger partial charge on any atom is -0.236 e. The lowest BCUT2D eigenvalue weighted by molar-refractivity contribution is 0.199. The normalized spacial score (nSPS) is 11.5. The zero-order valence-electron chi connectivity index (χ0n) is 8.39. The molecule has 0 heterocycles. The summed E-state index contributed by atoms with van der Waals surface area (Å²) in [6.07, 6.45) is 7.15. The molecule has 0 aliphatic carbocycles. The van der Waals surface area contributed by atoms with Crippen LogP contribution in [0, 0.1) is 0 Å². The molecule has 0 spiro atoms. The van der Waals surface area contributed by atoms with E-state index in [1.807, 2.05) is 6.08 Å². The predicted molar refractivity (Wildman–Crippen MR) is 52.6 cm³/mol. The lowest BCUT2D eigenvalue weighted by Crippen LogP contribution is -1.80. The van der Waals surface area contributed by atoms with E-state index in [0.717, 1.165) is 12.8 Å². The number of hydrogen-bond donors (Lipinski definition) is 0. The van der Waals surface area contributed by atoms with Crippen LogP contribution in [-0.4, -0.2) is 6.61 Å². The number of allylic oxidation sites excluding steroid dienone is 3. The average Bonchev–Trinajstić information content (AvgIpc) is 2.00. The van der Waals surface area contributed by atoms with Gasteiger partial charge in [-0.1, -0.05) is 23.3 Å². The molecule has 0 aliphatic rings. The van der Waals surface area contributed by atoms with Crippen molar-refractivity contribution in [2.45, 2.75) is 40.0 Å². The highest BCUT2D eigenvalue weighted by atomic mass is 16.2. The molecule has 0 aromatic rings. The van der Waals surface area contributed by atoms with Crippen molar-refractivity contribution in [2.75, 3.05) is 6.61 Å². The monoisotopic (exact) mass is 167 g/mol. The molecular weight excluding hydrogens is 148 g/mol. The first kappa shape index (κ1) is 11.4. The van der Waals surface area contributed by atoms with Crippen molar-refractivity contribution in [3.8, 4) is 0 Å². The fraction of sp³-hybridized carbons (Fsp3) is 0.636. The number of hydrogen-bond acceptors (Lipinski definition) is 0. The largest absolute Gasteiger partial charge is 0.236 e. The SMILES string of the molecule is CC(C)=CCCC(C)=CCC[O].